The van der Waals surface area contributed by atoms with Crippen LogP contribution in [0.4, 0.5) is 0 Å². The highest BCUT2D eigenvalue weighted by Gasteiger charge is 2.15. The van der Waals surface area contributed by atoms with Crippen LogP contribution in [-0.4, -0.2) is 22.0 Å². The minimum atomic E-state index is 0.0333. The summed E-state index contributed by atoms with van der Waals surface area (Å²) in [7, 11) is 0. The van der Waals surface area contributed by atoms with E-state index in [9.17, 15) is 4.79 Å². The van der Waals surface area contributed by atoms with Crippen LogP contribution in [-0.2, 0) is 13.0 Å². The Balaban J connectivity index is 1.43. The molecule has 4 nitrogen and oxygen atoms in total. The number of imidazole rings is 1. The topological polar surface area (TPSA) is 46.9 Å². The molecule has 1 N–H and O–H groups in total. The number of hydrogen-bond donors (Lipinski definition) is 1. The number of rotatable bonds is 9. The van der Waals surface area contributed by atoms with Crippen molar-refractivity contribution < 1.29 is 4.79 Å². The Morgan fingerprint density at radius 3 is 2.45 bits per heavy atom. The van der Waals surface area contributed by atoms with Crippen molar-refractivity contribution in [1.82, 2.24) is 14.9 Å². The third kappa shape index (κ3) is 5.19. The van der Waals surface area contributed by atoms with E-state index < -0.39 is 0 Å². The van der Waals surface area contributed by atoms with E-state index in [0.717, 1.165) is 48.4 Å². The number of aryl methyl sites for hydroxylation is 3. The van der Waals surface area contributed by atoms with E-state index in [0.29, 0.717) is 6.54 Å². The zero-order valence-corrected chi connectivity index (χ0v) is 20.9. The van der Waals surface area contributed by atoms with Crippen LogP contribution in [0.5, 0.6) is 0 Å². The third-order valence-corrected chi connectivity index (χ3v) is 7.55. The van der Waals surface area contributed by atoms with E-state index in [2.05, 4.69) is 67.9 Å². The summed E-state index contributed by atoms with van der Waals surface area (Å²) in [5.74, 6) is 1.18. The Hall–Kier alpha value is -2.92. The van der Waals surface area contributed by atoms with Crippen molar-refractivity contribution in [2.24, 2.45) is 0 Å². The van der Waals surface area contributed by atoms with Crippen LogP contribution in [0.3, 0.4) is 0 Å². The molecule has 1 amide bonds. The molecule has 33 heavy (non-hydrogen) atoms. The second kappa shape index (κ2) is 10.3. The van der Waals surface area contributed by atoms with Crippen LogP contribution >= 0.6 is 11.3 Å². The number of para-hydroxylation sites is 2. The predicted octanol–water partition coefficient (Wildman–Crippen LogP) is 6.52. The van der Waals surface area contributed by atoms with Crippen LogP contribution in [0.1, 0.15) is 62.6 Å². The highest BCUT2D eigenvalue weighted by Crippen LogP contribution is 2.26. The maximum absolute atomic E-state index is 12.1. The fourth-order valence-corrected chi connectivity index (χ4v) is 5.11. The fraction of sp³-hybridized carbons (Fsp3) is 0.357. The Kier molecular flexibility index (Phi) is 7.29. The Labute approximate surface area is 200 Å². The lowest BCUT2D eigenvalue weighted by atomic mass is 9.94. The summed E-state index contributed by atoms with van der Waals surface area (Å²) in [5.41, 5.74) is 9.14. The lowest BCUT2D eigenvalue weighted by Crippen LogP contribution is -2.23. The minimum Gasteiger partial charge on any atom is -0.351 e. The molecule has 172 valence electrons. The van der Waals surface area contributed by atoms with Crippen LogP contribution in [0, 0.1) is 27.7 Å². The van der Waals surface area contributed by atoms with Crippen molar-refractivity contribution in [1.29, 1.82) is 0 Å². The minimum absolute atomic E-state index is 0.0333. The number of carbonyl (C=O) groups excluding carboxylic acids is 1. The molecule has 4 aromatic rings. The molecule has 0 fully saturated rings. The van der Waals surface area contributed by atoms with Crippen molar-refractivity contribution in [2.45, 2.75) is 59.9 Å². The first-order valence-corrected chi connectivity index (χ1v) is 12.7. The van der Waals surface area contributed by atoms with Gasteiger partial charge in [-0.3, -0.25) is 4.79 Å². The van der Waals surface area contributed by atoms with Gasteiger partial charge in [0.15, 0.2) is 0 Å². The average Bonchev–Trinajstić information content (AvgIpc) is 3.46. The van der Waals surface area contributed by atoms with Crippen LogP contribution in [0.2, 0.25) is 0 Å². The van der Waals surface area contributed by atoms with E-state index in [1.54, 1.807) is 0 Å². The van der Waals surface area contributed by atoms with Gasteiger partial charge in [-0.15, -0.1) is 11.3 Å². The molecule has 4 rings (SSSR count). The molecule has 0 spiro atoms. The number of hydrogen-bond acceptors (Lipinski definition) is 3. The zero-order valence-electron chi connectivity index (χ0n) is 20.1. The quantitative estimate of drug-likeness (QED) is 0.290. The van der Waals surface area contributed by atoms with Crippen molar-refractivity contribution in [3.8, 4) is 0 Å². The summed E-state index contributed by atoms with van der Waals surface area (Å²) in [4.78, 5) is 17.8. The summed E-state index contributed by atoms with van der Waals surface area (Å²) < 4.78 is 2.40. The smallest absolute Gasteiger partial charge is 0.261 e. The number of thiophene rings is 1. The van der Waals surface area contributed by atoms with Gasteiger partial charge in [-0.2, -0.15) is 0 Å². The first-order valence-electron chi connectivity index (χ1n) is 11.8. The number of amides is 1. The number of unbranched alkanes of at least 4 members (excludes halogenated alkanes) is 2. The second-order valence-electron chi connectivity index (χ2n) is 8.89. The molecule has 0 aliphatic rings. The van der Waals surface area contributed by atoms with E-state index in [1.807, 2.05) is 17.5 Å². The van der Waals surface area contributed by atoms with Gasteiger partial charge in [0, 0.05) is 19.5 Å². The molecule has 2 aromatic carbocycles. The molecule has 0 unspecified atom stereocenters. The van der Waals surface area contributed by atoms with Crippen molar-refractivity contribution in [3.05, 3.63) is 86.4 Å². The summed E-state index contributed by atoms with van der Waals surface area (Å²) in [5, 5.41) is 4.96. The van der Waals surface area contributed by atoms with Gasteiger partial charge >= 0.3 is 0 Å². The largest absolute Gasteiger partial charge is 0.351 e. The van der Waals surface area contributed by atoms with Gasteiger partial charge in [-0.05, 0) is 91.9 Å². The Bertz CT molecular complexity index is 1230. The molecule has 0 saturated heterocycles. The molecular weight excluding hydrogens is 426 g/mol. The second-order valence-corrected chi connectivity index (χ2v) is 9.83. The van der Waals surface area contributed by atoms with E-state index in [-0.39, 0.29) is 5.91 Å². The molecule has 2 aromatic heterocycles. The van der Waals surface area contributed by atoms with Gasteiger partial charge in [0.05, 0.1) is 15.9 Å². The van der Waals surface area contributed by atoms with Crippen LogP contribution < -0.4 is 5.32 Å². The first-order chi connectivity index (χ1) is 16.0. The Morgan fingerprint density at radius 2 is 1.73 bits per heavy atom. The number of nitrogens with zero attached hydrogens (tertiary/aromatic N) is 2. The first kappa shape index (κ1) is 23.2. The molecule has 5 heteroatoms. The van der Waals surface area contributed by atoms with Crippen LogP contribution in [0.25, 0.3) is 11.0 Å². The monoisotopic (exact) mass is 459 g/mol. The summed E-state index contributed by atoms with van der Waals surface area (Å²) in [6, 6.07) is 14.5. The third-order valence-electron chi connectivity index (χ3n) is 6.68. The standard InChI is InChI=1S/C28H33N3OS/c1-19-17-20(2)22(4)23(21(19)3)18-31-25-12-8-7-11-24(25)30-27(31)14-6-5-9-15-29-28(32)26-13-10-16-33-26/h7-8,10-13,16-17H,5-6,9,14-15,18H2,1-4H3,(H,29,32). The normalized spacial score (nSPS) is 11.3. The number of carbonyl (C=O) groups is 1. The predicted molar refractivity (Wildman–Crippen MR) is 138 cm³/mol. The molecule has 0 aliphatic heterocycles. The zero-order chi connectivity index (χ0) is 23.4. The summed E-state index contributed by atoms with van der Waals surface area (Å²) >= 11 is 1.48. The lowest BCUT2D eigenvalue weighted by Gasteiger charge is -2.18. The highest BCUT2D eigenvalue weighted by atomic mass is 32.1. The lowest BCUT2D eigenvalue weighted by molar-refractivity contribution is 0.0957. The molecule has 0 saturated carbocycles. The van der Waals surface area contributed by atoms with E-state index in [1.165, 1.54) is 44.7 Å². The van der Waals surface area contributed by atoms with Gasteiger partial charge < -0.3 is 9.88 Å². The maximum Gasteiger partial charge on any atom is 0.261 e. The average molecular weight is 460 g/mol. The van der Waals surface area contributed by atoms with Crippen molar-refractivity contribution in [2.75, 3.05) is 6.54 Å². The summed E-state index contributed by atoms with van der Waals surface area (Å²) in [6.45, 7) is 10.5. The Morgan fingerprint density at radius 1 is 0.970 bits per heavy atom. The molecule has 0 aliphatic carbocycles. The van der Waals surface area contributed by atoms with Gasteiger partial charge in [0.2, 0.25) is 0 Å². The van der Waals surface area contributed by atoms with Gasteiger partial charge in [-0.25, -0.2) is 4.98 Å². The number of aromatic nitrogens is 2. The van der Waals surface area contributed by atoms with Gasteiger partial charge in [-0.1, -0.05) is 30.7 Å². The molecule has 2 heterocycles. The molecule has 0 bridgehead atoms. The van der Waals surface area contributed by atoms with Gasteiger partial charge in [0.1, 0.15) is 5.82 Å². The van der Waals surface area contributed by atoms with E-state index in [4.69, 9.17) is 4.98 Å². The fourth-order valence-electron chi connectivity index (χ4n) is 4.47. The SMILES string of the molecule is Cc1cc(C)c(C)c(Cn2c(CCCCCNC(=O)c3cccs3)nc3ccccc32)c1C. The molecule has 0 atom stereocenters. The number of benzene rings is 2. The van der Waals surface area contributed by atoms with E-state index >= 15 is 0 Å². The maximum atomic E-state index is 12.1. The molecule has 0 radical (unpaired) electrons. The summed E-state index contributed by atoms with van der Waals surface area (Å²) in [6.07, 6.45) is 4.04. The highest BCUT2D eigenvalue weighted by molar-refractivity contribution is 7.12. The van der Waals surface area contributed by atoms with Gasteiger partial charge in [0.25, 0.3) is 5.91 Å². The van der Waals surface area contributed by atoms with Crippen LogP contribution in [0.15, 0.2) is 47.8 Å². The number of nitrogens with one attached hydrogen (secondary N) is 1. The molecular formula is C28H33N3OS. The van der Waals surface area contributed by atoms with Crippen molar-refractivity contribution in [3.63, 3.8) is 0 Å². The van der Waals surface area contributed by atoms with Crippen molar-refractivity contribution >= 4 is 28.3 Å². The number of fused-ring (bicyclic) bond motifs is 1.